The number of aliphatic hydroxyl groups excluding tert-OH is 1. The molecule has 5 nitrogen and oxygen atoms in total. The molecule has 0 spiro atoms. The minimum atomic E-state index is -0.876. The lowest BCUT2D eigenvalue weighted by atomic mass is 10.1. The van der Waals surface area contributed by atoms with Gasteiger partial charge in [0.1, 0.15) is 0 Å². The fourth-order valence-corrected chi connectivity index (χ4v) is 1.76. The van der Waals surface area contributed by atoms with E-state index in [4.69, 9.17) is 14.2 Å². The third-order valence-electron chi connectivity index (χ3n) is 2.55. The highest BCUT2D eigenvalue weighted by Gasteiger charge is 2.27. The maximum absolute atomic E-state index is 14.0. The fraction of sp³-hybridized carbons (Fsp3) is 0.455. The number of halogens is 1. The molecule has 6 heteroatoms. The number of hydrogen-bond acceptors (Lipinski definition) is 5. The molecule has 1 aliphatic heterocycles. The molecule has 1 aromatic rings. The second kappa shape index (κ2) is 4.77. The smallest absolute Gasteiger partial charge is 0.231 e. The molecule has 0 bridgehead atoms. The van der Waals surface area contributed by atoms with Gasteiger partial charge < -0.3 is 24.6 Å². The summed E-state index contributed by atoms with van der Waals surface area (Å²) in [4.78, 5) is 0. The predicted molar refractivity (Wildman–Crippen MR) is 58.0 cm³/mol. The van der Waals surface area contributed by atoms with E-state index in [0.29, 0.717) is 5.56 Å². The van der Waals surface area contributed by atoms with E-state index in [1.54, 1.807) is 7.05 Å². The molecule has 0 aromatic heterocycles. The van der Waals surface area contributed by atoms with Gasteiger partial charge in [-0.05, 0) is 13.1 Å². The van der Waals surface area contributed by atoms with Crippen LogP contribution in [-0.4, -0.2) is 32.6 Å². The molecular weight excluding hydrogens is 229 g/mol. The molecule has 17 heavy (non-hydrogen) atoms. The van der Waals surface area contributed by atoms with Crippen LogP contribution < -0.4 is 19.5 Å². The van der Waals surface area contributed by atoms with Crippen molar-refractivity contribution in [1.29, 1.82) is 0 Å². The van der Waals surface area contributed by atoms with Gasteiger partial charge in [0.05, 0.1) is 13.2 Å². The quantitative estimate of drug-likeness (QED) is 0.819. The van der Waals surface area contributed by atoms with Crippen molar-refractivity contribution in [3.63, 3.8) is 0 Å². The van der Waals surface area contributed by atoms with Gasteiger partial charge in [0.2, 0.25) is 18.4 Å². The van der Waals surface area contributed by atoms with Crippen LogP contribution in [0.3, 0.4) is 0 Å². The predicted octanol–water partition coefficient (Wildman–Crippen LogP) is 0.816. The van der Waals surface area contributed by atoms with Gasteiger partial charge in [0, 0.05) is 12.1 Å². The molecule has 2 N–H and O–H groups in total. The third kappa shape index (κ3) is 2.01. The van der Waals surface area contributed by atoms with E-state index in [2.05, 4.69) is 5.32 Å². The molecule has 2 rings (SSSR count). The molecule has 1 aliphatic rings. The van der Waals surface area contributed by atoms with Crippen molar-refractivity contribution >= 4 is 0 Å². The average molecular weight is 243 g/mol. The number of nitrogens with one attached hydrogen (secondary N) is 1. The monoisotopic (exact) mass is 243 g/mol. The van der Waals surface area contributed by atoms with Crippen molar-refractivity contribution in [2.24, 2.45) is 0 Å². The Bertz CT molecular complexity index is 424. The van der Waals surface area contributed by atoms with Crippen LogP contribution in [0.15, 0.2) is 6.07 Å². The molecule has 0 aliphatic carbocycles. The topological polar surface area (TPSA) is 60.0 Å². The van der Waals surface area contributed by atoms with Gasteiger partial charge in [-0.1, -0.05) is 0 Å². The Kier molecular flexibility index (Phi) is 3.35. The van der Waals surface area contributed by atoms with Gasteiger partial charge >= 0.3 is 0 Å². The van der Waals surface area contributed by atoms with Crippen molar-refractivity contribution in [1.82, 2.24) is 5.32 Å². The van der Waals surface area contributed by atoms with Crippen LogP contribution in [0.5, 0.6) is 17.2 Å². The Labute approximate surface area is 98.1 Å². The lowest BCUT2D eigenvalue weighted by molar-refractivity contribution is 0.169. The zero-order valence-corrected chi connectivity index (χ0v) is 9.62. The summed E-state index contributed by atoms with van der Waals surface area (Å²) in [6, 6.07) is 1.53. The summed E-state index contributed by atoms with van der Waals surface area (Å²) in [6.45, 7) is 0.260. The largest absolute Gasteiger partial charge is 0.493 e. The normalized spacial score (nSPS) is 14.8. The Balaban J connectivity index is 2.47. The summed E-state index contributed by atoms with van der Waals surface area (Å²) < 4.78 is 29.0. The highest BCUT2D eigenvalue weighted by molar-refractivity contribution is 5.54. The first-order chi connectivity index (χ1) is 8.19. The summed E-state index contributed by atoms with van der Waals surface area (Å²) >= 11 is 0. The zero-order valence-electron chi connectivity index (χ0n) is 9.62. The van der Waals surface area contributed by atoms with E-state index < -0.39 is 11.9 Å². The molecule has 94 valence electrons. The van der Waals surface area contributed by atoms with Crippen LogP contribution in [0.25, 0.3) is 0 Å². The molecule has 0 fully saturated rings. The van der Waals surface area contributed by atoms with Crippen LogP contribution in [0.4, 0.5) is 4.39 Å². The lowest BCUT2D eigenvalue weighted by Crippen LogP contribution is -2.17. The number of fused-ring (bicyclic) bond motifs is 1. The fourth-order valence-electron chi connectivity index (χ4n) is 1.76. The first kappa shape index (κ1) is 11.9. The van der Waals surface area contributed by atoms with Gasteiger partial charge in [-0.3, -0.25) is 0 Å². The van der Waals surface area contributed by atoms with Gasteiger partial charge in [-0.15, -0.1) is 0 Å². The van der Waals surface area contributed by atoms with Gasteiger partial charge in [-0.25, -0.2) is 0 Å². The minimum Gasteiger partial charge on any atom is -0.493 e. The van der Waals surface area contributed by atoms with Crippen LogP contribution in [0.2, 0.25) is 0 Å². The summed E-state index contributed by atoms with van der Waals surface area (Å²) in [6.07, 6.45) is -0.876. The number of rotatable bonds is 4. The first-order valence-electron chi connectivity index (χ1n) is 5.17. The molecule has 1 aromatic carbocycles. The summed E-state index contributed by atoms with van der Waals surface area (Å²) in [5.74, 6) is -0.347. The van der Waals surface area contributed by atoms with E-state index >= 15 is 0 Å². The van der Waals surface area contributed by atoms with E-state index in [0.717, 1.165) is 0 Å². The SMILES string of the molecule is CNCC(O)c1cc2c(c(F)c1OC)OCO2. The zero-order chi connectivity index (χ0) is 12.4. The van der Waals surface area contributed by atoms with E-state index in [-0.39, 0.29) is 30.6 Å². The van der Waals surface area contributed by atoms with Gasteiger partial charge in [0.15, 0.2) is 11.5 Å². The van der Waals surface area contributed by atoms with Crippen LogP contribution in [-0.2, 0) is 0 Å². The maximum Gasteiger partial charge on any atom is 0.231 e. The standard InChI is InChI=1S/C11H14FNO4/c1-13-4-7(14)6-3-8-11(17-5-16-8)9(12)10(6)15-2/h3,7,13-14H,4-5H2,1-2H3. The Morgan fingerprint density at radius 1 is 1.59 bits per heavy atom. The molecule has 1 atom stereocenters. The summed E-state index contributed by atoms with van der Waals surface area (Å²) in [5.41, 5.74) is 0.337. The summed E-state index contributed by atoms with van der Waals surface area (Å²) in [7, 11) is 3.04. The number of benzene rings is 1. The molecule has 1 unspecified atom stereocenters. The van der Waals surface area contributed by atoms with Crippen LogP contribution in [0, 0.1) is 5.82 Å². The van der Waals surface area contributed by atoms with Crippen molar-refractivity contribution in [2.45, 2.75) is 6.10 Å². The lowest BCUT2D eigenvalue weighted by Gasteiger charge is -2.16. The van der Waals surface area contributed by atoms with Gasteiger partial charge in [0.25, 0.3) is 0 Å². The van der Waals surface area contributed by atoms with Crippen LogP contribution in [0.1, 0.15) is 11.7 Å². The Morgan fingerprint density at radius 3 is 3.00 bits per heavy atom. The van der Waals surface area contributed by atoms with Crippen molar-refractivity contribution in [2.75, 3.05) is 27.5 Å². The minimum absolute atomic E-state index is 0.0167. The Hall–Kier alpha value is -1.53. The molecular formula is C11H14FNO4. The number of ether oxygens (including phenoxy) is 3. The average Bonchev–Trinajstić information content (AvgIpc) is 2.77. The number of methoxy groups -OCH3 is 1. The van der Waals surface area contributed by atoms with Crippen molar-refractivity contribution in [3.05, 3.63) is 17.4 Å². The molecule has 1 heterocycles. The first-order valence-corrected chi connectivity index (χ1v) is 5.17. The highest BCUT2D eigenvalue weighted by atomic mass is 19.1. The van der Waals surface area contributed by atoms with Crippen molar-refractivity contribution < 1.29 is 23.7 Å². The summed E-state index contributed by atoms with van der Waals surface area (Å²) in [5, 5.41) is 12.7. The second-order valence-corrected chi connectivity index (χ2v) is 3.62. The molecule has 0 saturated heterocycles. The Morgan fingerprint density at radius 2 is 2.35 bits per heavy atom. The maximum atomic E-state index is 14.0. The van der Waals surface area contributed by atoms with E-state index in [1.807, 2.05) is 0 Å². The molecule has 0 saturated carbocycles. The van der Waals surface area contributed by atoms with E-state index in [1.165, 1.54) is 13.2 Å². The van der Waals surface area contributed by atoms with Crippen LogP contribution >= 0.6 is 0 Å². The number of likely N-dealkylation sites (N-methyl/N-ethyl adjacent to an activating group) is 1. The van der Waals surface area contributed by atoms with E-state index in [9.17, 15) is 9.50 Å². The van der Waals surface area contributed by atoms with Crippen molar-refractivity contribution in [3.8, 4) is 17.2 Å². The number of hydrogen-bond donors (Lipinski definition) is 2. The third-order valence-corrected chi connectivity index (χ3v) is 2.55. The number of aliphatic hydroxyl groups is 1. The highest BCUT2D eigenvalue weighted by Crippen LogP contribution is 2.43. The van der Waals surface area contributed by atoms with Gasteiger partial charge in [-0.2, -0.15) is 4.39 Å². The second-order valence-electron chi connectivity index (χ2n) is 3.62. The molecule has 0 amide bonds. The molecule has 0 radical (unpaired) electrons.